The van der Waals surface area contributed by atoms with Gasteiger partial charge < -0.3 is 0 Å². The Morgan fingerprint density at radius 2 is 0.414 bits per heavy atom. The van der Waals surface area contributed by atoms with E-state index in [4.69, 9.17) is 0 Å². The fraction of sp³-hybridized carbons (Fsp3) is 0.706. The molecule has 0 spiro atoms. The smallest absolute Gasteiger partial charge is 0.206 e. The molecular formula is C68H116Mn2. The van der Waals surface area contributed by atoms with Gasteiger partial charge in [-0.1, -0.05) is 303 Å². The van der Waals surface area contributed by atoms with Crippen LogP contribution in [0.15, 0.2) is 48.5 Å². The molecule has 0 saturated carbocycles. The molecule has 0 heterocycles. The van der Waals surface area contributed by atoms with Crippen LogP contribution in [0, 0.1) is 0 Å². The minimum absolute atomic E-state index is 0. The van der Waals surface area contributed by atoms with Crippen molar-refractivity contribution in [3.05, 3.63) is 115 Å². The molecule has 0 N–H and O–H groups in total. The Morgan fingerprint density at radius 3 is 0.514 bits per heavy atom. The molecule has 0 saturated heterocycles. The van der Waals surface area contributed by atoms with Crippen LogP contribution in [0.4, 0.5) is 0 Å². The van der Waals surface area contributed by atoms with Crippen LogP contribution in [-0.4, -0.2) is 0 Å². The molecular weight excluding hydrogens is 927 g/mol. The molecule has 0 aliphatic carbocycles. The van der Waals surface area contributed by atoms with Crippen molar-refractivity contribution >= 4 is 0 Å². The van der Waals surface area contributed by atoms with Gasteiger partial charge in [0.2, 0.25) is 0 Å². The summed E-state index contributed by atoms with van der Waals surface area (Å²) in [5, 5.41) is 0. The first kappa shape index (κ1) is 70.5. The third-order valence-corrected chi connectivity index (χ3v) is 13.5. The van der Waals surface area contributed by atoms with Crippen LogP contribution in [0.25, 0.3) is 0 Å². The minimum atomic E-state index is 0. The molecule has 4 aromatic carbocycles. The third kappa shape index (κ3) is 20.3. The fourth-order valence-electron chi connectivity index (χ4n) is 8.73. The summed E-state index contributed by atoms with van der Waals surface area (Å²) >= 11 is 0. The van der Waals surface area contributed by atoms with Gasteiger partial charge in [-0.2, -0.15) is 109 Å². The van der Waals surface area contributed by atoms with Crippen molar-refractivity contribution in [3.8, 4) is 0 Å². The molecule has 0 aliphatic heterocycles. The largest absolute Gasteiger partial charge is 2.00 e. The van der Waals surface area contributed by atoms with E-state index in [0.717, 1.165) is 0 Å². The van der Waals surface area contributed by atoms with Gasteiger partial charge in [0, 0.05) is 0 Å². The zero-order valence-corrected chi connectivity index (χ0v) is 55.7. The van der Waals surface area contributed by atoms with E-state index >= 15 is 0 Å². The van der Waals surface area contributed by atoms with Gasteiger partial charge in [0.25, 0.3) is 0 Å². The van der Waals surface area contributed by atoms with Crippen LogP contribution in [0.5, 0.6) is 0 Å². The zero-order valence-electron chi connectivity index (χ0n) is 53.4. The Kier molecular flexibility index (Phi) is 22.9. The van der Waals surface area contributed by atoms with Crippen molar-refractivity contribution in [2.75, 3.05) is 0 Å². The Balaban J connectivity index is 0. The summed E-state index contributed by atoms with van der Waals surface area (Å²) in [6.07, 6.45) is 0. The first-order valence-electron chi connectivity index (χ1n) is 26.6. The number of hydrogen-bond donors (Lipinski definition) is 0. The van der Waals surface area contributed by atoms with Gasteiger partial charge in [0.15, 0.2) is 0 Å². The van der Waals surface area contributed by atoms with E-state index < -0.39 is 0 Å². The molecule has 0 unspecified atom stereocenters. The summed E-state index contributed by atoms with van der Waals surface area (Å²) in [6.45, 7) is 82.9. The van der Waals surface area contributed by atoms with E-state index in [9.17, 15) is 0 Å². The van der Waals surface area contributed by atoms with E-state index in [2.05, 4.69) is 298 Å². The van der Waals surface area contributed by atoms with Crippen LogP contribution in [0.3, 0.4) is 0 Å². The van der Waals surface area contributed by atoms with E-state index in [0.29, 0.717) is 0 Å². The van der Waals surface area contributed by atoms with Gasteiger partial charge >= 0.3 is 34.1 Å². The van der Waals surface area contributed by atoms with E-state index in [1.54, 1.807) is 0 Å². The molecule has 0 bridgehead atoms. The van der Waals surface area contributed by atoms with E-state index in [1.165, 1.54) is 66.8 Å². The summed E-state index contributed by atoms with van der Waals surface area (Å²) in [7, 11) is 0. The summed E-state index contributed by atoms with van der Waals surface area (Å²) in [5.41, 5.74) is 20.7. The molecule has 0 fully saturated rings. The molecule has 402 valence electrons. The Bertz CT molecular complexity index is 1740. The molecule has 70 heavy (non-hydrogen) atoms. The quantitative estimate of drug-likeness (QED) is 0.122. The maximum absolute atomic E-state index is 2.42. The van der Waals surface area contributed by atoms with Gasteiger partial charge in [0.05, 0.1) is 0 Å². The molecule has 0 amide bonds. The van der Waals surface area contributed by atoms with Crippen molar-refractivity contribution in [1.29, 1.82) is 0 Å². The van der Waals surface area contributed by atoms with Gasteiger partial charge in [0.1, 0.15) is 0 Å². The average Bonchev–Trinajstić information content (AvgIpc) is 3.85. The first-order valence-corrected chi connectivity index (χ1v) is 26.6. The monoisotopic (exact) mass is 1040 g/mol. The third-order valence-electron chi connectivity index (χ3n) is 13.5. The molecule has 2 heteroatoms. The van der Waals surface area contributed by atoms with Gasteiger partial charge in [-0.3, -0.25) is 0 Å². The second-order valence-electron chi connectivity index (χ2n) is 33.3. The topological polar surface area (TPSA) is 0 Å². The molecule has 0 aliphatic rings. The normalized spacial score (nSPS) is 13.8. The van der Waals surface area contributed by atoms with Crippen LogP contribution >= 0.6 is 0 Å². The van der Waals surface area contributed by atoms with Gasteiger partial charge in [-0.05, 0) is 10.8 Å². The summed E-state index contributed by atoms with van der Waals surface area (Å²) in [6, 6.07) is 19.3. The first-order chi connectivity index (χ1) is 29.3. The SMILES string of the molecule is CC(C)(C)c1c[c-](C(C)(C)C)cc1C(C)(C)C.CC(C)(C)c1c[c-](C(C)(C)C)cc1C(C)(C)C.CC(C)(C)c1c[c-](C(C)(C)C)cc1C(C)(C)C.CC(C)(C)c1cc(C(C)(C)C)c(C(C)(C)C)[cH-]1.[Mn+2].[Mn+2]. The second kappa shape index (κ2) is 22.7. The summed E-state index contributed by atoms with van der Waals surface area (Å²) in [5.74, 6) is 0. The zero-order chi connectivity index (χ0) is 54.6. The molecule has 0 nitrogen and oxygen atoms in total. The minimum Gasteiger partial charge on any atom is -0.206 e. The van der Waals surface area contributed by atoms with Crippen molar-refractivity contribution < 1.29 is 34.1 Å². The van der Waals surface area contributed by atoms with E-state index in [1.807, 2.05) is 0 Å². The van der Waals surface area contributed by atoms with E-state index in [-0.39, 0.29) is 99.1 Å². The molecule has 2 radical (unpaired) electrons. The maximum atomic E-state index is 2.42. The molecule has 0 atom stereocenters. The number of hydrogen-bond acceptors (Lipinski definition) is 0. The van der Waals surface area contributed by atoms with Crippen LogP contribution < -0.4 is 0 Å². The molecule has 4 aromatic rings. The molecule has 4 rings (SSSR count). The Hall–Kier alpha value is -1.56. The van der Waals surface area contributed by atoms with Crippen LogP contribution in [-0.2, 0) is 99.1 Å². The maximum Gasteiger partial charge on any atom is 2.00 e. The Labute approximate surface area is 460 Å². The molecule has 0 aromatic heterocycles. The fourth-order valence-corrected chi connectivity index (χ4v) is 8.73. The van der Waals surface area contributed by atoms with Crippen LogP contribution in [0.2, 0.25) is 0 Å². The standard InChI is InChI=1S/4C17H29.2Mn/c4*1-15(2,3)12-10-13(16(4,5)6)14(11-12)17(7,8)9;;/h4*10-11H,1-9H3;;/q4*-1;2*+2. The second-order valence-corrected chi connectivity index (χ2v) is 33.3. The Morgan fingerprint density at radius 1 is 0.243 bits per heavy atom. The van der Waals surface area contributed by atoms with Crippen molar-refractivity contribution in [1.82, 2.24) is 0 Å². The summed E-state index contributed by atoms with van der Waals surface area (Å²) in [4.78, 5) is 0. The van der Waals surface area contributed by atoms with Crippen molar-refractivity contribution in [2.24, 2.45) is 0 Å². The summed E-state index contributed by atoms with van der Waals surface area (Å²) < 4.78 is 0. The average molecular weight is 1040 g/mol. The van der Waals surface area contributed by atoms with Gasteiger partial charge in [-0.25, -0.2) is 6.07 Å². The van der Waals surface area contributed by atoms with Gasteiger partial charge in [-0.15, -0.1) is 0 Å². The van der Waals surface area contributed by atoms with Crippen LogP contribution in [0.1, 0.15) is 316 Å². The number of rotatable bonds is 0. The predicted molar refractivity (Wildman–Crippen MR) is 313 cm³/mol. The van der Waals surface area contributed by atoms with Crippen molar-refractivity contribution in [3.63, 3.8) is 0 Å². The van der Waals surface area contributed by atoms with Crippen molar-refractivity contribution in [2.45, 2.75) is 314 Å². The predicted octanol–water partition coefficient (Wildman–Crippen LogP) is 21.2.